The molecule has 0 bridgehead atoms. The maximum atomic E-state index is 11.9. The molecule has 2 rings (SSSR count). The van der Waals surface area contributed by atoms with E-state index in [0.717, 1.165) is 30.7 Å². The van der Waals surface area contributed by atoms with Crippen LogP contribution in [0.1, 0.15) is 36.8 Å². The van der Waals surface area contributed by atoms with Crippen molar-refractivity contribution in [2.45, 2.75) is 33.6 Å². The highest BCUT2D eigenvalue weighted by Crippen LogP contribution is 2.27. The molecule has 0 aliphatic rings. The highest BCUT2D eigenvalue weighted by molar-refractivity contribution is 5.95. The predicted molar refractivity (Wildman–Crippen MR) is 77.8 cm³/mol. The summed E-state index contributed by atoms with van der Waals surface area (Å²) in [5.41, 5.74) is 3.38. The summed E-state index contributed by atoms with van der Waals surface area (Å²) in [6.07, 6.45) is 1.72. The van der Waals surface area contributed by atoms with Gasteiger partial charge in [0.25, 0.3) is 0 Å². The first-order valence-corrected chi connectivity index (χ1v) is 6.90. The van der Waals surface area contributed by atoms with Crippen molar-refractivity contribution >= 4 is 16.8 Å². The molecule has 19 heavy (non-hydrogen) atoms. The van der Waals surface area contributed by atoms with E-state index in [1.54, 1.807) is 6.92 Å². The lowest BCUT2D eigenvalue weighted by Gasteiger charge is -2.07. The van der Waals surface area contributed by atoms with Crippen LogP contribution in [0.2, 0.25) is 0 Å². The summed E-state index contributed by atoms with van der Waals surface area (Å²) in [4.78, 5) is 11.9. The highest BCUT2D eigenvalue weighted by Gasteiger charge is 2.17. The van der Waals surface area contributed by atoms with Crippen LogP contribution < -0.4 is 0 Å². The molecule has 0 fully saturated rings. The van der Waals surface area contributed by atoms with Gasteiger partial charge in [-0.2, -0.15) is 0 Å². The summed E-state index contributed by atoms with van der Waals surface area (Å²) in [6, 6.07) is 8.11. The Morgan fingerprint density at radius 2 is 2.00 bits per heavy atom. The van der Waals surface area contributed by atoms with Crippen molar-refractivity contribution in [1.82, 2.24) is 4.57 Å². The Morgan fingerprint density at radius 1 is 1.26 bits per heavy atom. The van der Waals surface area contributed by atoms with E-state index >= 15 is 0 Å². The number of nitrogens with zero attached hydrogens (tertiary/aromatic N) is 1. The van der Waals surface area contributed by atoms with E-state index in [-0.39, 0.29) is 5.91 Å². The number of carbonyl (C=O) groups is 1. The molecule has 0 unspecified atom stereocenters. The summed E-state index contributed by atoms with van der Waals surface area (Å²) >= 11 is 0. The minimum absolute atomic E-state index is 0.0794. The lowest BCUT2D eigenvalue weighted by atomic mass is 10.1. The minimum atomic E-state index is 0.0794. The molecule has 0 aliphatic heterocycles. The predicted octanol–water partition coefficient (Wildman–Crippen LogP) is 3.44. The van der Waals surface area contributed by atoms with Crippen LogP contribution in [0.5, 0.6) is 0 Å². The molecule has 0 spiro atoms. The average molecular weight is 259 g/mol. The lowest BCUT2D eigenvalue weighted by molar-refractivity contribution is 0.0938. The van der Waals surface area contributed by atoms with Crippen molar-refractivity contribution in [3.63, 3.8) is 0 Å². The Labute approximate surface area is 114 Å². The zero-order valence-electron chi connectivity index (χ0n) is 11.9. The molecule has 3 heteroatoms. The van der Waals surface area contributed by atoms with Crippen molar-refractivity contribution in [3.8, 4) is 0 Å². The van der Waals surface area contributed by atoms with Crippen molar-refractivity contribution in [2.75, 3.05) is 13.2 Å². The molecule has 1 aromatic carbocycles. The molecule has 2 aromatic rings. The van der Waals surface area contributed by atoms with E-state index in [0.29, 0.717) is 6.61 Å². The van der Waals surface area contributed by atoms with E-state index in [1.807, 2.05) is 29.7 Å². The lowest BCUT2D eigenvalue weighted by Crippen LogP contribution is -2.10. The minimum Gasteiger partial charge on any atom is -0.381 e. The van der Waals surface area contributed by atoms with Crippen LogP contribution in [0.15, 0.2) is 24.3 Å². The van der Waals surface area contributed by atoms with Crippen LogP contribution in [0, 0.1) is 0 Å². The molecule has 3 nitrogen and oxygen atoms in total. The first kappa shape index (κ1) is 13.8. The van der Waals surface area contributed by atoms with Crippen molar-refractivity contribution < 1.29 is 9.53 Å². The van der Waals surface area contributed by atoms with Crippen LogP contribution in [0.25, 0.3) is 10.9 Å². The number of hydrogen-bond donors (Lipinski definition) is 0. The highest BCUT2D eigenvalue weighted by atomic mass is 16.5. The van der Waals surface area contributed by atoms with Crippen LogP contribution in [0.4, 0.5) is 0 Å². The van der Waals surface area contributed by atoms with E-state index in [1.165, 1.54) is 10.9 Å². The third kappa shape index (κ3) is 2.56. The van der Waals surface area contributed by atoms with Gasteiger partial charge in [-0.25, -0.2) is 0 Å². The van der Waals surface area contributed by atoms with Gasteiger partial charge in [-0.15, -0.1) is 0 Å². The number of aromatic nitrogens is 1. The Balaban J connectivity index is 2.56. The molecular weight excluding hydrogens is 238 g/mol. The normalized spacial score (nSPS) is 11.1. The number of rotatable bonds is 5. The topological polar surface area (TPSA) is 31.2 Å². The third-order valence-electron chi connectivity index (χ3n) is 3.44. The Kier molecular flexibility index (Phi) is 4.38. The Morgan fingerprint density at radius 3 is 2.63 bits per heavy atom. The quantitative estimate of drug-likeness (QED) is 0.770. The number of fused-ring (bicyclic) bond motifs is 1. The third-order valence-corrected chi connectivity index (χ3v) is 3.44. The van der Waals surface area contributed by atoms with E-state index in [4.69, 9.17) is 4.74 Å². The van der Waals surface area contributed by atoms with Gasteiger partial charge in [0.1, 0.15) is 0 Å². The fourth-order valence-electron chi connectivity index (χ4n) is 2.69. The largest absolute Gasteiger partial charge is 0.381 e. The van der Waals surface area contributed by atoms with Crippen LogP contribution in [-0.2, 0) is 17.6 Å². The Bertz CT molecular complexity index is 584. The van der Waals surface area contributed by atoms with E-state index in [9.17, 15) is 4.79 Å². The van der Waals surface area contributed by atoms with E-state index < -0.39 is 0 Å². The number of para-hydroxylation sites is 1. The number of hydrogen-bond acceptors (Lipinski definition) is 2. The van der Waals surface area contributed by atoms with Gasteiger partial charge in [-0.3, -0.25) is 9.36 Å². The maximum absolute atomic E-state index is 11.9. The van der Waals surface area contributed by atoms with Crippen molar-refractivity contribution in [2.24, 2.45) is 0 Å². The standard InChI is InChI=1S/C16H21NO2/c1-4-15-14(10-11-19-5-2)13-8-6-7-9-16(13)17(15)12(3)18/h6-9H,4-5,10-11H2,1-3H3. The molecule has 102 valence electrons. The number of carbonyl (C=O) groups excluding carboxylic acids is 1. The van der Waals surface area contributed by atoms with Gasteiger partial charge in [0.2, 0.25) is 5.91 Å². The first-order chi connectivity index (χ1) is 9.20. The smallest absolute Gasteiger partial charge is 0.228 e. The number of benzene rings is 1. The zero-order valence-corrected chi connectivity index (χ0v) is 11.9. The maximum Gasteiger partial charge on any atom is 0.228 e. The Hall–Kier alpha value is -1.61. The van der Waals surface area contributed by atoms with Crippen LogP contribution >= 0.6 is 0 Å². The molecular formula is C16H21NO2. The van der Waals surface area contributed by atoms with Crippen LogP contribution in [0.3, 0.4) is 0 Å². The van der Waals surface area contributed by atoms with Gasteiger partial charge in [0.15, 0.2) is 0 Å². The van der Waals surface area contributed by atoms with Crippen molar-refractivity contribution in [1.29, 1.82) is 0 Å². The molecule has 0 atom stereocenters. The summed E-state index contributed by atoms with van der Waals surface area (Å²) < 4.78 is 7.31. The molecule has 0 saturated heterocycles. The second-order valence-corrected chi connectivity index (χ2v) is 4.60. The zero-order chi connectivity index (χ0) is 13.8. The molecule has 0 N–H and O–H groups in total. The molecule has 0 aliphatic carbocycles. The molecule has 0 amide bonds. The van der Waals surface area contributed by atoms with Crippen molar-refractivity contribution in [3.05, 3.63) is 35.5 Å². The second kappa shape index (κ2) is 6.02. The number of ether oxygens (including phenoxy) is 1. The van der Waals surface area contributed by atoms with Gasteiger partial charge in [0, 0.05) is 24.6 Å². The average Bonchev–Trinajstić information content (AvgIpc) is 2.73. The summed E-state index contributed by atoms with van der Waals surface area (Å²) in [5, 5.41) is 1.18. The molecule has 1 aromatic heterocycles. The van der Waals surface area contributed by atoms with E-state index in [2.05, 4.69) is 13.0 Å². The van der Waals surface area contributed by atoms with Gasteiger partial charge in [-0.05, 0) is 31.4 Å². The summed E-state index contributed by atoms with van der Waals surface area (Å²) in [7, 11) is 0. The molecule has 1 heterocycles. The van der Waals surface area contributed by atoms with Gasteiger partial charge in [0.05, 0.1) is 12.1 Å². The fourth-order valence-corrected chi connectivity index (χ4v) is 2.69. The SMILES string of the molecule is CCOCCc1c(CC)n(C(C)=O)c2ccccc12. The monoisotopic (exact) mass is 259 g/mol. The molecule has 0 saturated carbocycles. The van der Waals surface area contributed by atoms with Crippen LogP contribution in [-0.4, -0.2) is 23.7 Å². The first-order valence-electron chi connectivity index (χ1n) is 6.90. The summed E-state index contributed by atoms with van der Waals surface area (Å²) in [6.45, 7) is 7.15. The van der Waals surface area contributed by atoms with Gasteiger partial charge >= 0.3 is 0 Å². The molecule has 0 radical (unpaired) electrons. The van der Waals surface area contributed by atoms with Gasteiger partial charge in [-0.1, -0.05) is 25.1 Å². The second-order valence-electron chi connectivity index (χ2n) is 4.60. The fraction of sp³-hybridized carbons (Fsp3) is 0.438. The summed E-state index contributed by atoms with van der Waals surface area (Å²) in [5.74, 6) is 0.0794. The van der Waals surface area contributed by atoms with Gasteiger partial charge < -0.3 is 4.74 Å².